The molecule has 0 aromatic carbocycles. The van der Waals surface area contributed by atoms with Gasteiger partial charge in [-0.3, -0.25) is 0 Å². The minimum absolute atomic E-state index is 0.337. The van der Waals surface area contributed by atoms with E-state index < -0.39 is 0 Å². The van der Waals surface area contributed by atoms with E-state index in [1.165, 1.54) is 6.42 Å². The summed E-state index contributed by atoms with van der Waals surface area (Å²) in [5.74, 6) is 3.12. The fourth-order valence-corrected chi connectivity index (χ4v) is 2.56. The quantitative estimate of drug-likeness (QED) is 0.713. The molecule has 1 aromatic heterocycles. The maximum absolute atomic E-state index is 5.49. The summed E-state index contributed by atoms with van der Waals surface area (Å²) in [6, 6.07) is 0. The van der Waals surface area contributed by atoms with Gasteiger partial charge in [0.1, 0.15) is 0 Å². The Morgan fingerprint density at radius 1 is 1.36 bits per heavy atom. The molecule has 0 amide bonds. The number of aromatic nitrogens is 2. The number of nitrogens with two attached hydrogens (primary N) is 1. The summed E-state index contributed by atoms with van der Waals surface area (Å²) in [7, 11) is 0. The van der Waals surface area contributed by atoms with Crippen LogP contribution in [0.15, 0.2) is 16.6 Å². The maximum Gasteiger partial charge on any atom is 0.230 e. The van der Waals surface area contributed by atoms with Gasteiger partial charge in [-0.1, -0.05) is 12.2 Å². The molecule has 1 saturated carbocycles. The zero-order valence-electron chi connectivity index (χ0n) is 7.89. The van der Waals surface area contributed by atoms with Crippen LogP contribution in [0.25, 0.3) is 0 Å². The van der Waals surface area contributed by atoms with Crippen molar-refractivity contribution in [3.63, 3.8) is 0 Å². The molecule has 1 heterocycles. The SMILES string of the molecule is NCc1nnc(C2CC3C=CC2C3)o1. The van der Waals surface area contributed by atoms with E-state index in [4.69, 9.17) is 10.2 Å². The molecule has 3 unspecified atom stereocenters. The lowest BCUT2D eigenvalue weighted by molar-refractivity contribution is 0.391. The summed E-state index contributed by atoms with van der Waals surface area (Å²) in [5, 5.41) is 7.95. The monoisotopic (exact) mass is 191 g/mol. The van der Waals surface area contributed by atoms with Crippen molar-refractivity contribution >= 4 is 0 Å². The van der Waals surface area contributed by atoms with Crippen molar-refractivity contribution in [1.29, 1.82) is 0 Å². The van der Waals surface area contributed by atoms with E-state index in [0.717, 1.165) is 18.2 Å². The molecule has 2 aliphatic rings. The molecule has 0 aliphatic heterocycles. The summed E-state index contributed by atoms with van der Waals surface area (Å²) in [6.07, 6.45) is 7.00. The summed E-state index contributed by atoms with van der Waals surface area (Å²) in [4.78, 5) is 0. The highest BCUT2D eigenvalue weighted by Crippen LogP contribution is 2.48. The van der Waals surface area contributed by atoms with Crippen molar-refractivity contribution in [3.05, 3.63) is 23.9 Å². The predicted octanol–water partition coefficient (Wildman–Crippen LogP) is 1.21. The van der Waals surface area contributed by atoms with Gasteiger partial charge in [0, 0.05) is 5.92 Å². The standard InChI is InChI=1S/C10H13N3O/c11-5-9-12-13-10(14-9)8-4-6-1-2-7(8)3-6/h1-2,6-8H,3-5,11H2. The van der Waals surface area contributed by atoms with Crippen LogP contribution < -0.4 is 5.73 Å². The lowest BCUT2D eigenvalue weighted by atomic mass is 9.94. The predicted molar refractivity (Wildman–Crippen MR) is 50.3 cm³/mol. The number of allylic oxidation sites excluding steroid dienone is 2. The topological polar surface area (TPSA) is 64.9 Å². The summed E-state index contributed by atoms with van der Waals surface area (Å²) in [6.45, 7) is 0.337. The van der Waals surface area contributed by atoms with Crippen LogP contribution in [0.5, 0.6) is 0 Å². The molecule has 2 aliphatic carbocycles. The average Bonchev–Trinajstić information content (AvgIpc) is 2.93. The van der Waals surface area contributed by atoms with Crippen molar-refractivity contribution in [2.75, 3.05) is 0 Å². The first-order valence-corrected chi connectivity index (χ1v) is 5.07. The van der Waals surface area contributed by atoms with E-state index in [-0.39, 0.29) is 0 Å². The van der Waals surface area contributed by atoms with Crippen molar-refractivity contribution in [2.45, 2.75) is 25.3 Å². The van der Waals surface area contributed by atoms with Crippen LogP contribution in [0.3, 0.4) is 0 Å². The Kier molecular flexibility index (Phi) is 1.70. The van der Waals surface area contributed by atoms with Crippen LogP contribution in [0.2, 0.25) is 0 Å². The summed E-state index contributed by atoms with van der Waals surface area (Å²) in [5.41, 5.74) is 5.43. The molecule has 3 atom stereocenters. The lowest BCUT2D eigenvalue weighted by Gasteiger charge is -2.12. The minimum atomic E-state index is 0.337. The molecule has 0 saturated heterocycles. The zero-order valence-corrected chi connectivity index (χ0v) is 7.89. The first-order valence-electron chi connectivity index (χ1n) is 5.07. The smallest absolute Gasteiger partial charge is 0.230 e. The highest BCUT2D eigenvalue weighted by atomic mass is 16.4. The lowest BCUT2D eigenvalue weighted by Crippen LogP contribution is -2.05. The van der Waals surface area contributed by atoms with Crippen molar-refractivity contribution in [3.8, 4) is 0 Å². The Morgan fingerprint density at radius 2 is 2.29 bits per heavy atom. The van der Waals surface area contributed by atoms with Gasteiger partial charge in [0.05, 0.1) is 6.54 Å². The average molecular weight is 191 g/mol. The van der Waals surface area contributed by atoms with Gasteiger partial charge in [-0.05, 0) is 24.7 Å². The Labute approximate surface area is 82.2 Å². The minimum Gasteiger partial charge on any atom is -0.424 e. The number of nitrogens with zero attached hydrogens (tertiary/aromatic N) is 2. The van der Waals surface area contributed by atoms with Gasteiger partial charge in [-0.25, -0.2) is 0 Å². The molecule has 3 rings (SSSR count). The second kappa shape index (κ2) is 2.92. The number of hydrogen-bond donors (Lipinski definition) is 1. The summed E-state index contributed by atoms with van der Waals surface area (Å²) < 4.78 is 5.49. The van der Waals surface area contributed by atoms with Crippen molar-refractivity contribution < 1.29 is 4.42 Å². The van der Waals surface area contributed by atoms with E-state index in [1.807, 2.05) is 0 Å². The van der Waals surface area contributed by atoms with Gasteiger partial charge >= 0.3 is 0 Å². The van der Waals surface area contributed by atoms with Gasteiger partial charge in [0.15, 0.2) is 0 Å². The maximum atomic E-state index is 5.49. The second-order valence-electron chi connectivity index (χ2n) is 4.12. The molecule has 1 fully saturated rings. The van der Waals surface area contributed by atoms with Crippen LogP contribution in [0, 0.1) is 11.8 Å². The Morgan fingerprint density at radius 3 is 2.86 bits per heavy atom. The van der Waals surface area contributed by atoms with E-state index in [2.05, 4.69) is 22.3 Å². The molecular formula is C10H13N3O. The number of fused-ring (bicyclic) bond motifs is 2. The molecule has 2 bridgehead atoms. The highest BCUT2D eigenvalue weighted by Gasteiger charge is 2.39. The fraction of sp³-hybridized carbons (Fsp3) is 0.600. The number of rotatable bonds is 2. The summed E-state index contributed by atoms with van der Waals surface area (Å²) >= 11 is 0. The Hall–Kier alpha value is -1.16. The highest BCUT2D eigenvalue weighted by molar-refractivity contribution is 5.16. The number of hydrogen-bond acceptors (Lipinski definition) is 4. The van der Waals surface area contributed by atoms with E-state index in [0.29, 0.717) is 24.3 Å². The molecule has 1 aromatic rings. The molecule has 74 valence electrons. The molecule has 14 heavy (non-hydrogen) atoms. The third-order valence-corrected chi connectivity index (χ3v) is 3.25. The van der Waals surface area contributed by atoms with Crippen LogP contribution in [0.1, 0.15) is 30.5 Å². The Balaban J connectivity index is 1.86. The second-order valence-corrected chi connectivity index (χ2v) is 4.12. The van der Waals surface area contributed by atoms with E-state index in [9.17, 15) is 0 Å². The third-order valence-electron chi connectivity index (χ3n) is 3.25. The van der Waals surface area contributed by atoms with Gasteiger partial charge in [-0.2, -0.15) is 0 Å². The van der Waals surface area contributed by atoms with Crippen LogP contribution in [0.4, 0.5) is 0 Å². The normalized spacial score (nSPS) is 34.2. The van der Waals surface area contributed by atoms with Crippen molar-refractivity contribution in [2.24, 2.45) is 17.6 Å². The molecule has 2 N–H and O–H groups in total. The van der Waals surface area contributed by atoms with Gasteiger partial charge in [-0.15, -0.1) is 10.2 Å². The largest absolute Gasteiger partial charge is 0.424 e. The van der Waals surface area contributed by atoms with Gasteiger partial charge in [0.25, 0.3) is 0 Å². The van der Waals surface area contributed by atoms with Gasteiger partial charge < -0.3 is 10.2 Å². The van der Waals surface area contributed by atoms with Crippen LogP contribution >= 0.6 is 0 Å². The zero-order chi connectivity index (χ0) is 9.54. The molecule has 0 spiro atoms. The third kappa shape index (κ3) is 1.10. The molecule has 4 heteroatoms. The van der Waals surface area contributed by atoms with E-state index in [1.54, 1.807) is 0 Å². The molecular weight excluding hydrogens is 178 g/mol. The first-order chi connectivity index (χ1) is 6.86. The van der Waals surface area contributed by atoms with E-state index >= 15 is 0 Å². The molecule has 4 nitrogen and oxygen atoms in total. The van der Waals surface area contributed by atoms with Crippen molar-refractivity contribution in [1.82, 2.24) is 10.2 Å². The Bertz CT molecular complexity index is 371. The van der Waals surface area contributed by atoms with Gasteiger partial charge in [0.2, 0.25) is 11.8 Å². The van der Waals surface area contributed by atoms with Crippen LogP contribution in [-0.2, 0) is 6.54 Å². The molecule has 0 radical (unpaired) electrons. The first kappa shape index (κ1) is 8.17. The van der Waals surface area contributed by atoms with Crippen LogP contribution in [-0.4, -0.2) is 10.2 Å². The fourth-order valence-electron chi connectivity index (χ4n) is 2.56.